The Bertz CT molecular complexity index is 1050. The first kappa shape index (κ1) is 18.8. The van der Waals surface area contributed by atoms with Crippen molar-refractivity contribution in [3.8, 4) is 5.75 Å². The topological polar surface area (TPSA) is 69.9 Å². The minimum atomic E-state index is -0.523. The zero-order valence-corrected chi connectivity index (χ0v) is 15.6. The second kappa shape index (κ2) is 8.13. The summed E-state index contributed by atoms with van der Waals surface area (Å²) in [5, 5.41) is 0. The number of hydrogen-bond acceptors (Lipinski definition) is 5. The van der Waals surface area contributed by atoms with Gasteiger partial charge >= 0.3 is 5.97 Å². The van der Waals surface area contributed by atoms with E-state index in [-0.39, 0.29) is 12.1 Å². The molecule has 0 saturated carbocycles. The Balaban J connectivity index is 2.11. The van der Waals surface area contributed by atoms with Gasteiger partial charge in [-0.25, -0.2) is 4.39 Å². The van der Waals surface area contributed by atoms with Crippen molar-refractivity contribution >= 4 is 33.4 Å². The second-order valence-corrected chi connectivity index (χ2v) is 6.54. The molecule has 3 rings (SSSR count). The number of nitrogens with zero attached hydrogens (tertiary/aromatic N) is 2. The second-order valence-electron chi connectivity index (χ2n) is 5.53. The van der Waals surface area contributed by atoms with Gasteiger partial charge in [0.05, 0.1) is 23.9 Å². The van der Waals surface area contributed by atoms with Crippen molar-refractivity contribution in [2.45, 2.75) is 13.5 Å². The first-order chi connectivity index (χ1) is 13.0. The van der Waals surface area contributed by atoms with E-state index in [1.54, 1.807) is 16.7 Å². The molecule has 1 amide bonds. The third-order valence-electron chi connectivity index (χ3n) is 3.77. The van der Waals surface area contributed by atoms with Gasteiger partial charge in [0.2, 0.25) is 0 Å². The van der Waals surface area contributed by atoms with E-state index in [4.69, 9.17) is 9.47 Å². The van der Waals surface area contributed by atoms with Crippen molar-refractivity contribution in [2.24, 2.45) is 4.99 Å². The molecule has 8 heteroatoms. The lowest BCUT2D eigenvalue weighted by molar-refractivity contribution is -0.141. The fourth-order valence-corrected chi connectivity index (χ4v) is 3.54. The van der Waals surface area contributed by atoms with E-state index >= 15 is 0 Å². The van der Waals surface area contributed by atoms with Crippen LogP contribution in [-0.2, 0) is 16.1 Å². The van der Waals surface area contributed by atoms with Gasteiger partial charge in [0, 0.05) is 5.56 Å². The Morgan fingerprint density at radius 2 is 1.93 bits per heavy atom. The van der Waals surface area contributed by atoms with Gasteiger partial charge in [-0.15, -0.1) is 0 Å². The number of ether oxygens (including phenoxy) is 2. The van der Waals surface area contributed by atoms with Crippen LogP contribution in [0.5, 0.6) is 5.75 Å². The lowest BCUT2D eigenvalue weighted by Gasteiger charge is -2.05. The van der Waals surface area contributed by atoms with Gasteiger partial charge in [0.15, 0.2) is 4.80 Å². The molecular formula is C19H17FN2O4S. The molecule has 140 valence electrons. The van der Waals surface area contributed by atoms with Gasteiger partial charge in [0.25, 0.3) is 5.91 Å². The number of thiazole rings is 1. The smallest absolute Gasteiger partial charge is 0.325 e. The molecule has 0 saturated heterocycles. The van der Waals surface area contributed by atoms with Crippen molar-refractivity contribution in [3.63, 3.8) is 0 Å². The molecular weight excluding hydrogens is 371 g/mol. The van der Waals surface area contributed by atoms with Crippen molar-refractivity contribution < 1.29 is 23.5 Å². The average molecular weight is 388 g/mol. The molecule has 1 aromatic heterocycles. The number of hydrogen-bond donors (Lipinski definition) is 0. The quantitative estimate of drug-likeness (QED) is 0.630. The Kier molecular flexibility index (Phi) is 5.66. The molecule has 0 aliphatic rings. The van der Waals surface area contributed by atoms with E-state index in [1.807, 2.05) is 13.0 Å². The molecule has 27 heavy (non-hydrogen) atoms. The minimum absolute atomic E-state index is 0.0833. The van der Waals surface area contributed by atoms with Crippen molar-refractivity contribution in [3.05, 3.63) is 58.6 Å². The Labute approximate surface area is 158 Å². The largest absolute Gasteiger partial charge is 0.494 e. The molecule has 1 heterocycles. The molecule has 2 aromatic carbocycles. The molecule has 0 atom stereocenters. The highest BCUT2D eigenvalue weighted by molar-refractivity contribution is 7.16. The highest BCUT2D eigenvalue weighted by Gasteiger charge is 2.13. The van der Waals surface area contributed by atoms with Gasteiger partial charge < -0.3 is 14.0 Å². The zero-order valence-electron chi connectivity index (χ0n) is 14.8. The van der Waals surface area contributed by atoms with E-state index in [2.05, 4.69) is 4.99 Å². The Morgan fingerprint density at radius 1 is 1.19 bits per heavy atom. The van der Waals surface area contributed by atoms with Crippen LogP contribution >= 0.6 is 11.3 Å². The molecule has 0 bridgehead atoms. The van der Waals surface area contributed by atoms with Gasteiger partial charge in [-0.3, -0.25) is 9.59 Å². The number of carbonyl (C=O) groups is 2. The fraction of sp³-hybridized carbons (Fsp3) is 0.211. The maximum absolute atomic E-state index is 13.1. The number of amides is 1. The van der Waals surface area contributed by atoms with E-state index in [0.717, 1.165) is 10.2 Å². The third kappa shape index (κ3) is 4.22. The molecule has 0 fully saturated rings. The molecule has 6 nitrogen and oxygen atoms in total. The molecule has 0 N–H and O–H groups in total. The van der Waals surface area contributed by atoms with Gasteiger partial charge in [-0.1, -0.05) is 11.3 Å². The number of halogens is 1. The summed E-state index contributed by atoms with van der Waals surface area (Å²) in [5.74, 6) is -0.727. The summed E-state index contributed by atoms with van der Waals surface area (Å²) in [6.07, 6.45) is 0. The lowest BCUT2D eigenvalue weighted by atomic mass is 10.2. The van der Waals surface area contributed by atoms with Gasteiger partial charge in [-0.05, 0) is 49.4 Å². The predicted octanol–water partition coefficient (Wildman–Crippen LogP) is 3.15. The number of rotatable bonds is 5. The average Bonchev–Trinajstić information content (AvgIpc) is 2.98. The maximum atomic E-state index is 13.1. The van der Waals surface area contributed by atoms with Crippen LogP contribution < -0.4 is 9.54 Å². The lowest BCUT2D eigenvalue weighted by Crippen LogP contribution is -2.22. The van der Waals surface area contributed by atoms with Crippen LogP contribution in [0.15, 0.2) is 47.5 Å². The number of esters is 1. The van der Waals surface area contributed by atoms with Crippen LogP contribution in [0.25, 0.3) is 10.2 Å². The first-order valence-corrected chi connectivity index (χ1v) is 9.01. The van der Waals surface area contributed by atoms with Crippen LogP contribution in [0.4, 0.5) is 4.39 Å². The number of methoxy groups -OCH3 is 1. The molecule has 3 aromatic rings. The van der Waals surface area contributed by atoms with Crippen LogP contribution in [-0.4, -0.2) is 30.2 Å². The highest BCUT2D eigenvalue weighted by Crippen LogP contribution is 2.23. The summed E-state index contributed by atoms with van der Waals surface area (Å²) >= 11 is 1.26. The first-order valence-electron chi connectivity index (χ1n) is 8.19. The summed E-state index contributed by atoms with van der Waals surface area (Å²) in [6.45, 7) is 2.33. The fourth-order valence-electron chi connectivity index (χ4n) is 2.49. The zero-order chi connectivity index (χ0) is 19.4. The molecule has 0 unspecified atom stereocenters. The summed E-state index contributed by atoms with van der Waals surface area (Å²) in [7, 11) is 1.30. The van der Waals surface area contributed by atoms with E-state index in [1.165, 1.54) is 42.7 Å². The van der Waals surface area contributed by atoms with Crippen LogP contribution in [0.3, 0.4) is 0 Å². The van der Waals surface area contributed by atoms with Crippen molar-refractivity contribution in [2.75, 3.05) is 13.7 Å². The molecule has 0 aliphatic carbocycles. The highest BCUT2D eigenvalue weighted by atomic mass is 32.1. The van der Waals surface area contributed by atoms with Crippen molar-refractivity contribution in [1.29, 1.82) is 0 Å². The number of benzene rings is 2. The number of carbonyl (C=O) groups excluding carboxylic acids is 2. The van der Waals surface area contributed by atoms with E-state index in [0.29, 0.717) is 17.2 Å². The monoisotopic (exact) mass is 388 g/mol. The maximum Gasteiger partial charge on any atom is 0.325 e. The summed E-state index contributed by atoms with van der Waals surface area (Å²) in [6, 6.07) is 10.6. The molecule has 0 spiro atoms. The van der Waals surface area contributed by atoms with Crippen LogP contribution in [0.2, 0.25) is 0 Å². The molecule has 0 aliphatic heterocycles. The van der Waals surface area contributed by atoms with Crippen LogP contribution in [0, 0.1) is 5.82 Å². The third-order valence-corrected chi connectivity index (χ3v) is 4.81. The summed E-state index contributed by atoms with van der Waals surface area (Å²) in [4.78, 5) is 28.7. The van der Waals surface area contributed by atoms with E-state index < -0.39 is 17.7 Å². The summed E-state index contributed by atoms with van der Waals surface area (Å²) < 4.78 is 25.7. The number of fused-ring (bicyclic) bond motifs is 1. The van der Waals surface area contributed by atoms with Crippen LogP contribution in [0.1, 0.15) is 17.3 Å². The van der Waals surface area contributed by atoms with Crippen molar-refractivity contribution in [1.82, 2.24) is 4.57 Å². The number of aromatic nitrogens is 1. The van der Waals surface area contributed by atoms with Gasteiger partial charge in [0.1, 0.15) is 18.1 Å². The van der Waals surface area contributed by atoms with E-state index in [9.17, 15) is 14.0 Å². The Hall–Kier alpha value is -3.00. The predicted molar refractivity (Wildman–Crippen MR) is 99.3 cm³/mol. The standard InChI is InChI=1S/C19H17FN2O4S/c1-3-26-14-8-9-15-16(10-14)27-19(22(15)11-17(23)25-2)21-18(24)12-4-6-13(20)7-5-12/h4-10H,3,11H2,1-2H3. The normalized spacial score (nSPS) is 11.6. The minimum Gasteiger partial charge on any atom is -0.494 e. The van der Waals surface area contributed by atoms with Gasteiger partial charge in [-0.2, -0.15) is 4.99 Å². The summed E-state index contributed by atoms with van der Waals surface area (Å²) in [5.41, 5.74) is 0.994. The Morgan fingerprint density at radius 3 is 2.59 bits per heavy atom. The molecule has 0 radical (unpaired) electrons. The SMILES string of the molecule is CCOc1ccc2c(c1)sc(=NC(=O)c1ccc(F)cc1)n2CC(=O)OC.